The van der Waals surface area contributed by atoms with Crippen molar-refractivity contribution in [3.8, 4) is 5.75 Å². The zero-order valence-corrected chi connectivity index (χ0v) is 20.3. The highest BCUT2D eigenvalue weighted by atomic mass is 16.5. The summed E-state index contributed by atoms with van der Waals surface area (Å²) < 4.78 is 16.3. The first-order valence-corrected chi connectivity index (χ1v) is 11.8. The van der Waals surface area contributed by atoms with Crippen molar-refractivity contribution in [1.29, 1.82) is 0 Å². The Morgan fingerprint density at radius 2 is 1.59 bits per heavy atom. The summed E-state index contributed by atoms with van der Waals surface area (Å²) in [6, 6.07) is 21.4. The van der Waals surface area contributed by atoms with Crippen molar-refractivity contribution in [1.82, 2.24) is 10.6 Å². The third kappa shape index (κ3) is 6.26. The van der Waals surface area contributed by atoms with Gasteiger partial charge in [0, 0.05) is 0 Å². The van der Waals surface area contributed by atoms with Gasteiger partial charge in [-0.15, -0.1) is 0 Å². The molecule has 2 heterocycles. The second kappa shape index (κ2) is 12.3. The molecule has 0 spiro atoms. The molecule has 0 aliphatic carbocycles. The molecule has 9 nitrogen and oxygen atoms in total. The van der Waals surface area contributed by atoms with E-state index in [2.05, 4.69) is 10.6 Å². The smallest absolute Gasteiger partial charge is 0.287 e. The molecule has 0 saturated heterocycles. The van der Waals surface area contributed by atoms with E-state index < -0.39 is 23.8 Å². The molecule has 1 atom stereocenters. The van der Waals surface area contributed by atoms with Crippen molar-refractivity contribution in [2.24, 2.45) is 0 Å². The third-order valence-electron chi connectivity index (χ3n) is 5.48. The number of nitrogens with zero attached hydrogens (tertiary/aromatic N) is 1. The highest BCUT2D eigenvalue weighted by molar-refractivity contribution is 6.05. The standard InChI is InChI=1S/C28H27N3O6/c1-2-35-23-14-7-6-13-22(23)31(25(32)19-30-27(33)24-15-9-17-37-24)26(20-10-4-3-5-11-20)28(34)29-18-21-12-8-16-36-21/h3-17,26H,2,18-19H2,1H3,(H,29,34)(H,30,33). The predicted molar refractivity (Wildman–Crippen MR) is 136 cm³/mol. The normalized spacial score (nSPS) is 11.4. The lowest BCUT2D eigenvalue weighted by molar-refractivity contribution is -0.126. The molecule has 4 rings (SSSR count). The number of carbonyl (C=O) groups is 3. The van der Waals surface area contributed by atoms with Gasteiger partial charge < -0.3 is 24.2 Å². The molecule has 37 heavy (non-hydrogen) atoms. The highest BCUT2D eigenvalue weighted by Gasteiger charge is 2.34. The lowest BCUT2D eigenvalue weighted by atomic mass is 10.0. The zero-order chi connectivity index (χ0) is 26.0. The molecule has 3 amide bonds. The van der Waals surface area contributed by atoms with Crippen LogP contribution in [0.3, 0.4) is 0 Å². The number of amides is 3. The molecule has 9 heteroatoms. The molecule has 0 fully saturated rings. The molecule has 190 valence electrons. The summed E-state index contributed by atoms with van der Waals surface area (Å²) in [4.78, 5) is 41.2. The number of anilines is 1. The Labute approximate surface area is 214 Å². The Balaban J connectivity index is 1.70. The number of nitrogens with one attached hydrogen (secondary N) is 2. The fourth-order valence-electron chi connectivity index (χ4n) is 3.82. The topological polar surface area (TPSA) is 114 Å². The number of benzene rings is 2. The lowest BCUT2D eigenvalue weighted by Crippen LogP contribution is -2.47. The van der Waals surface area contributed by atoms with Gasteiger partial charge in [-0.05, 0) is 48.9 Å². The van der Waals surface area contributed by atoms with Crippen molar-refractivity contribution in [3.05, 3.63) is 108 Å². The van der Waals surface area contributed by atoms with Crippen LogP contribution in [0.5, 0.6) is 5.75 Å². The van der Waals surface area contributed by atoms with Gasteiger partial charge in [0.15, 0.2) is 5.76 Å². The molecular weight excluding hydrogens is 474 g/mol. The largest absolute Gasteiger partial charge is 0.492 e. The Morgan fingerprint density at radius 3 is 2.30 bits per heavy atom. The first kappa shape index (κ1) is 25.3. The summed E-state index contributed by atoms with van der Waals surface area (Å²) in [6.45, 7) is 1.95. The maximum Gasteiger partial charge on any atom is 0.287 e. The van der Waals surface area contributed by atoms with Crippen LogP contribution in [-0.4, -0.2) is 30.9 Å². The van der Waals surface area contributed by atoms with E-state index in [4.69, 9.17) is 13.6 Å². The Hall–Kier alpha value is -4.79. The van der Waals surface area contributed by atoms with Crippen LogP contribution in [-0.2, 0) is 16.1 Å². The molecule has 2 aromatic heterocycles. The van der Waals surface area contributed by atoms with E-state index in [9.17, 15) is 14.4 Å². The summed E-state index contributed by atoms with van der Waals surface area (Å²) in [6.07, 6.45) is 2.89. The molecule has 0 bridgehead atoms. The number of ether oxygens (including phenoxy) is 1. The van der Waals surface area contributed by atoms with E-state index in [0.29, 0.717) is 29.4 Å². The minimum atomic E-state index is -1.06. The Kier molecular flexibility index (Phi) is 8.38. The van der Waals surface area contributed by atoms with Crippen molar-refractivity contribution in [3.63, 3.8) is 0 Å². The van der Waals surface area contributed by atoms with E-state index in [1.165, 1.54) is 23.5 Å². The quantitative estimate of drug-likeness (QED) is 0.320. The Bertz CT molecular complexity index is 1300. The van der Waals surface area contributed by atoms with Gasteiger partial charge in [-0.3, -0.25) is 19.3 Å². The van der Waals surface area contributed by atoms with Crippen LogP contribution in [0.25, 0.3) is 0 Å². The second-order valence-corrected chi connectivity index (χ2v) is 7.93. The van der Waals surface area contributed by atoms with Crippen LogP contribution in [0.4, 0.5) is 5.69 Å². The van der Waals surface area contributed by atoms with Gasteiger partial charge >= 0.3 is 0 Å². The van der Waals surface area contributed by atoms with Gasteiger partial charge in [0.2, 0.25) is 11.8 Å². The summed E-state index contributed by atoms with van der Waals surface area (Å²) >= 11 is 0. The minimum absolute atomic E-state index is 0.0740. The first-order chi connectivity index (χ1) is 18.1. The zero-order valence-electron chi connectivity index (χ0n) is 20.3. The van der Waals surface area contributed by atoms with Crippen LogP contribution >= 0.6 is 0 Å². The van der Waals surface area contributed by atoms with E-state index in [0.717, 1.165) is 0 Å². The molecular formula is C28H27N3O6. The summed E-state index contributed by atoms with van der Waals surface area (Å²) in [5, 5.41) is 5.43. The van der Waals surface area contributed by atoms with Crippen molar-refractivity contribution >= 4 is 23.4 Å². The number of hydrogen-bond donors (Lipinski definition) is 2. The molecule has 2 aromatic carbocycles. The van der Waals surface area contributed by atoms with Crippen LogP contribution in [0.2, 0.25) is 0 Å². The van der Waals surface area contributed by atoms with Crippen LogP contribution in [0, 0.1) is 0 Å². The third-order valence-corrected chi connectivity index (χ3v) is 5.48. The number of carbonyl (C=O) groups excluding carboxylic acids is 3. The van der Waals surface area contributed by atoms with Gasteiger partial charge in [0.1, 0.15) is 17.6 Å². The average molecular weight is 502 g/mol. The fraction of sp³-hybridized carbons (Fsp3) is 0.179. The maximum absolute atomic E-state index is 13.8. The lowest BCUT2D eigenvalue weighted by Gasteiger charge is -2.32. The van der Waals surface area contributed by atoms with E-state index in [1.807, 2.05) is 13.0 Å². The van der Waals surface area contributed by atoms with E-state index >= 15 is 0 Å². The number of furan rings is 2. The molecule has 0 aliphatic rings. The monoisotopic (exact) mass is 501 g/mol. The van der Waals surface area contributed by atoms with E-state index in [1.54, 1.807) is 66.7 Å². The molecule has 1 unspecified atom stereocenters. The molecule has 0 aliphatic heterocycles. The fourth-order valence-corrected chi connectivity index (χ4v) is 3.82. The molecule has 0 radical (unpaired) electrons. The molecule has 4 aromatic rings. The van der Waals surface area contributed by atoms with Gasteiger partial charge in [-0.1, -0.05) is 42.5 Å². The van der Waals surface area contributed by atoms with Crippen LogP contribution < -0.4 is 20.3 Å². The van der Waals surface area contributed by atoms with Crippen LogP contribution in [0.15, 0.2) is 100 Å². The van der Waals surface area contributed by atoms with Gasteiger partial charge in [0.05, 0.1) is 37.9 Å². The van der Waals surface area contributed by atoms with E-state index in [-0.39, 0.29) is 18.8 Å². The van der Waals surface area contributed by atoms with Gasteiger partial charge in [0.25, 0.3) is 5.91 Å². The second-order valence-electron chi connectivity index (χ2n) is 7.93. The van der Waals surface area contributed by atoms with Crippen LogP contribution in [0.1, 0.15) is 34.8 Å². The minimum Gasteiger partial charge on any atom is -0.492 e. The number of rotatable bonds is 11. The van der Waals surface area contributed by atoms with Crippen molar-refractivity contribution in [2.45, 2.75) is 19.5 Å². The highest BCUT2D eigenvalue weighted by Crippen LogP contribution is 2.35. The molecule has 0 saturated carbocycles. The number of para-hydroxylation sites is 2. The summed E-state index contributed by atoms with van der Waals surface area (Å²) in [5.41, 5.74) is 0.972. The molecule has 2 N–H and O–H groups in total. The first-order valence-electron chi connectivity index (χ1n) is 11.8. The van der Waals surface area contributed by atoms with Crippen molar-refractivity contribution < 1.29 is 28.0 Å². The Morgan fingerprint density at radius 1 is 0.865 bits per heavy atom. The van der Waals surface area contributed by atoms with Gasteiger partial charge in [-0.25, -0.2) is 0 Å². The van der Waals surface area contributed by atoms with Crippen molar-refractivity contribution in [2.75, 3.05) is 18.1 Å². The summed E-state index contributed by atoms with van der Waals surface area (Å²) in [5.74, 6) is -0.428. The predicted octanol–water partition coefficient (Wildman–Crippen LogP) is 4.09. The number of hydrogen-bond acceptors (Lipinski definition) is 6. The van der Waals surface area contributed by atoms with Gasteiger partial charge in [-0.2, -0.15) is 0 Å². The average Bonchev–Trinajstić information content (AvgIpc) is 3.65. The SMILES string of the molecule is CCOc1ccccc1N(C(=O)CNC(=O)c1ccco1)C(C(=O)NCc1ccco1)c1ccccc1. The maximum atomic E-state index is 13.8. The summed E-state index contributed by atoms with van der Waals surface area (Å²) in [7, 11) is 0.